The Morgan fingerprint density at radius 3 is 2.59 bits per heavy atom. The van der Waals surface area contributed by atoms with Gasteiger partial charge in [0, 0.05) is 51.0 Å². The number of aromatic nitrogens is 2. The number of hydrogen-bond acceptors (Lipinski definition) is 3. The Morgan fingerprint density at radius 2 is 2.09 bits per heavy atom. The molecule has 7 heteroatoms. The second-order valence-electron chi connectivity index (χ2n) is 6.29. The molecule has 0 aliphatic heterocycles. The maximum Gasteiger partial charge on any atom is 0.194 e. The molecule has 22 heavy (non-hydrogen) atoms. The lowest BCUT2D eigenvalue weighted by Gasteiger charge is -2.22. The first-order chi connectivity index (χ1) is 9.81. The Labute approximate surface area is 151 Å². The molecule has 1 aromatic heterocycles. The molecule has 1 aromatic rings. The van der Waals surface area contributed by atoms with Gasteiger partial charge in [-0.3, -0.25) is 9.67 Å². The summed E-state index contributed by atoms with van der Waals surface area (Å²) in [5.41, 5.74) is 1.31. The molecule has 6 nitrogen and oxygen atoms in total. The van der Waals surface area contributed by atoms with E-state index in [2.05, 4.69) is 53.3 Å². The first-order valence-corrected chi connectivity index (χ1v) is 7.54. The third-order valence-electron chi connectivity index (χ3n) is 2.90. The normalized spacial score (nSPS) is 12.0. The van der Waals surface area contributed by atoms with Gasteiger partial charge in [-0.05, 0) is 27.7 Å². The van der Waals surface area contributed by atoms with E-state index in [0.29, 0.717) is 0 Å². The quantitative estimate of drug-likeness (QED) is 0.318. The van der Waals surface area contributed by atoms with E-state index in [1.165, 1.54) is 5.56 Å². The van der Waals surface area contributed by atoms with Crippen molar-refractivity contribution in [1.29, 1.82) is 0 Å². The van der Waals surface area contributed by atoms with E-state index in [-0.39, 0.29) is 29.5 Å². The van der Waals surface area contributed by atoms with Crippen LogP contribution in [0, 0.1) is 0 Å². The summed E-state index contributed by atoms with van der Waals surface area (Å²) < 4.78 is 1.82. The average Bonchev–Trinajstić information content (AvgIpc) is 2.77. The van der Waals surface area contributed by atoms with E-state index >= 15 is 0 Å². The Morgan fingerprint density at radius 1 is 1.41 bits per heavy atom. The minimum atomic E-state index is 0. The molecular formula is C15H31IN6. The third kappa shape index (κ3) is 8.57. The van der Waals surface area contributed by atoms with Gasteiger partial charge in [-0.25, -0.2) is 0 Å². The van der Waals surface area contributed by atoms with Gasteiger partial charge >= 0.3 is 0 Å². The molecule has 0 aromatic carbocycles. The largest absolute Gasteiger partial charge is 0.357 e. The minimum Gasteiger partial charge on any atom is -0.357 e. The van der Waals surface area contributed by atoms with Crippen LogP contribution in [-0.4, -0.2) is 52.9 Å². The predicted molar refractivity (Wildman–Crippen MR) is 104 cm³/mol. The van der Waals surface area contributed by atoms with Crippen molar-refractivity contribution in [1.82, 2.24) is 25.3 Å². The highest BCUT2D eigenvalue weighted by Gasteiger charge is 2.09. The van der Waals surface area contributed by atoms with Crippen LogP contribution in [0.5, 0.6) is 0 Å². The van der Waals surface area contributed by atoms with Gasteiger partial charge in [0.25, 0.3) is 0 Å². The van der Waals surface area contributed by atoms with Crippen molar-refractivity contribution in [2.24, 2.45) is 12.0 Å². The number of guanidine groups is 1. The first-order valence-electron chi connectivity index (χ1n) is 7.54. The van der Waals surface area contributed by atoms with E-state index in [1.54, 1.807) is 0 Å². The van der Waals surface area contributed by atoms with Crippen LogP contribution in [0.3, 0.4) is 0 Å². The monoisotopic (exact) mass is 422 g/mol. The summed E-state index contributed by atoms with van der Waals surface area (Å²) in [6.45, 7) is 11.9. The molecule has 1 heterocycles. The summed E-state index contributed by atoms with van der Waals surface area (Å²) in [6.07, 6.45) is 3.92. The molecule has 0 radical (unpaired) electrons. The average molecular weight is 422 g/mol. The number of aliphatic imine (C=N–C) groups is 1. The van der Waals surface area contributed by atoms with Gasteiger partial charge in [-0.15, -0.1) is 24.0 Å². The van der Waals surface area contributed by atoms with Gasteiger partial charge in [0.2, 0.25) is 0 Å². The van der Waals surface area contributed by atoms with Gasteiger partial charge in [-0.1, -0.05) is 0 Å². The van der Waals surface area contributed by atoms with E-state index in [0.717, 1.165) is 32.1 Å². The van der Waals surface area contributed by atoms with Crippen LogP contribution in [0.4, 0.5) is 0 Å². The molecule has 2 N–H and O–H groups in total. The Bertz CT molecular complexity index is 449. The number of nitrogens with one attached hydrogen (secondary N) is 2. The van der Waals surface area contributed by atoms with Crippen molar-refractivity contribution in [2.45, 2.75) is 39.8 Å². The fourth-order valence-corrected chi connectivity index (χ4v) is 1.96. The van der Waals surface area contributed by atoms with Crippen molar-refractivity contribution in [3.05, 3.63) is 18.0 Å². The zero-order valence-electron chi connectivity index (χ0n) is 14.7. The topological polar surface area (TPSA) is 57.5 Å². The van der Waals surface area contributed by atoms with Gasteiger partial charge < -0.3 is 15.5 Å². The summed E-state index contributed by atoms with van der Waals surface area (Å²) >= 11 is 0. The van der Waals surface area contributed by atoms with E-state index in [9.17, 15) is 0 Å². The maximum atomic E-state index is 4.66. The zero-order valence-corrected chi connectivity index (χ0v) is 17.0. The molecule has 0 aliphatic carbocycles. The molecular weight excluding hydrogens is 391 g/mol. The van der Waals surface area contributed by atoms with Crippen LogP contribution in [0.15, 0.2) is 17.4 Å². The fourth-order valence-electron chi connectivity index (χ4n) is 1.96. The zero-order chi connectivity index (χ0) is 15.9. The van der Waals surface area contributed by atoms with Gasteiger partial charge in [0.05, 0.1) is 12.7 Å². The van der Waals surface area contributed by atoms with Crippen LogP contribution >= 0.6 is 24.0 Å². The number of aryl methyl sites for hydroxylation is 1. The minimum absolute atomic E-state index is 0. The Hall–Kier alpha value is -0.830. The van der Waals surface area contributed by atoms with Crippen LogP contribution in [0.1, 0.15) is 33.3 Å². The van der Waals surface area contributed by atoms with Crippen molar-refractivity contribution >= 4 is 29.9 Å². The molecule has 0 saturated carbocycles. The molecule has 128 valence electrons. The molecule has 0 atom stereocenters. The summed E-state index contributed by atoms with van der Waals surface area (Å²) in [5.74, 6) is 0.928. The van der Waals surface area contributed by atoms with Crippen molar-refractivity contribution in [3.8, 4) is 0 Å². The van der Waals surface area contributed by atoms with E-state index in [4.69, 9.17) is 0 Å². The standard InChI is InChI=1S/C15H30N6.HI/c1-7-16-14(17-8-9-18-15(2,3)4)20(5)11-13-10-19-21(6)12-13;/h10,12,18H,7-9,11H2,1-6H3,(H,16,17);1H. The molecule has 0 aliphatic rings. The first kappa shape index (κ1) is 21.2. The van der Waals surface area contributed by atoms with E-state index in [1.807, 2.05) is 31.2 Å². The lowest BCUT2D eigenvalue weighted by molar-refractivity contribution is 0.430. The summed E-state index contributed by atoms with van der Waals surface area (Å²) in [7, 11) is 3.98. The summed E-state index contributed by atoms with van der Waals surface area (Å²) in [5, 5.41) is 11.0. The maximum absolute atomic E-state index is 4.66. The van der Waals surface area contributed by atoms with Crippen LogP contribution in [0.25, 0.3) is 0 Å². The second kappa shape index (κ2) is 10.0. The molecule has 0 fully saturated rings. The highest BCUT2D eigenvalue weighted by atomic mass is 127. The molecule has 0 unspecified atom stereocenters. The van der Waals surface area contributed by atoms with Crippen molar-refractivity contribution < 1.29 is 0 Å². The number of halogens is 1. The molecule has 1 rings (SSSR count). The van der Waals surface area contributed by atoms with E-state index < -0.39 is 0 Å². The third-order valence-corrected chi connectivity index (χ3v) is 2.90. The number of hydrogen-bond donors (Lipinski definition) is 2. The smallest absolute Gasteiger partial charge is 0.194 e. The molecule has 0 saturated heterocycles. The van der Waals surface area contributed by atoms with Gasteiger partial charge in [0.15, 0.2) is 5.96 Å². The summed E-state index contributed by atoms with van der Waals surface area (Å²) in [4.78, 5) is 6.78. The summed E-state index contributed by atoms with van der Waals surface area (Å²) in [6, 6.07) is 0. The van der Waals surface area contributed by atoms with Crippen LogP contribution in [0.2, 0.25) is 0 Å². The highest BCUT2D eigenvalue weighted by molar-refractivity contribution is 14.0. The van der Waals surface area contributed by atoms with Crippen molar-refractivity contribution in [2.75, 3.05) is 26.7 Å². The van der Waals surface area contributed by atoms with Crippen LogP contribution < -0.4 is 10.6 Å². The van der Waals surface area contributed by atoms with Crippen LogP contribution in [-0.2, 0) is 13.6 Å². The highest BCUT2D eigenvalue weighted by Crippen LogP contribution is 2.02. The Kier molecular flexibility index (Phi) is 9.66. The van der Waals surface area contributed by atoms with Crippen molar-refractivity contribution in [3.63, 3.8) is 0 Å². The fraction of sp³-hybridized carbons (Fsp3) is 0.733. The van der Waals surface area contributed by atoms with Gasteiger partial charge in [-0.2, -0.15) is 5.10 Å². The Balaban J connectivity index is 0.00000441. The number of rotatable bonds is 6. The second-order valence-corrected chi connectivity index (χ2v) is 6.29. The SMILES string of the molecule is CCNC(=NCCNC(C)(C)C)N(C)Cc1cnn(C)c1.I. The molecule has 0 amide bonds. The molecule has 0 bridgehead atoms. The number of nitrogens with zero attached hydrogens (tertiary/aromatic N) is 4. The van der Waals surface area contributed by atoms with Gasteiger partial charge in [0.1, 0.15) is 0 Å². The lowest BCUT2D eigenvalue weighted by atomic mass is 10.1. The lowest BCUT2D eigenvalue weighted by Crippen LogP contribution is -2.40. The molecule has 0 spiro atoms. The predicted octanol–water partition coefficient (Wildman–Crippen LogP) is 1.82.